The van der Waals surface area contributed by atoms with Crippen LogP contribution in [0.4, 0.5) is 16.5 Å². The highest BCUT2D eigenvalue weighted by atomic mass is 35.5. The molecule has 7 heteroatoms. The SMILES string of the molecule is O=C(Nc1ccc(Cl)cc1)Nc1nnc(Cc2ccccc2)o1. The lowest BCUT2D eigenvalue weighted by molar-refractivity contribution is 0.261. The highest BCUT2D eigenvalue weighted by Gasteiger charge is 2.10. The number of hydrogen-bond acceptors (Lipinski definition) is 4. The molecule has 2 aromatic carbocycles. The molecule has 3 rings (SSSR count). The average molecular weight is 329 g/mol. The van der Waals surface area contributed by atoms with Gasteiger partial charge >= 0.3 is 12.0 Å². The Balaban J connectivity index is 1.58. The van der Waals surface area contributed by atoms with Crippen LogP contribution in [0.1, 0.15) is 11.5 Å². The summed E-state index contributed by atoms with van der Waals surface area (Å²) >= 11 is 5.79. The van der Waals surface area contributed by atoms with Gasteiger partial charge in [-0.3, -0.25) is 5.32 Å². The molecule has 0 atom stereocenters. The molecule has 1 aromatic heterocycles. The van der Waals surface area contributed by atoms with Crippen LogP contribution in [0, 0.1) is 0 Å². The van der Waals surface area contributed by atoms with E-state index in [9.17, 15) is 4.79 Å². The van der Waals surface area contributed by atoms with Crippen molar-refractivity contribution < 1.29 is 9.21 Å². The molecule has 0 spiro atoms. The van der Waals surface area contributed by atoms with Gasteiger partial charge in [0.25, 0.3) is 0 Å². The summed E-state index contributed by atoms with van der Waals surface area (Å²) in [6.45, 7) is 0. The van der Waals surface area contributed by atoms with Gasteiger partial charge in [-0.2, -0.15) is 0 Å². The molecule has 0 saturated carbocycles. The summed E-state index contributed by atoms with van der Waals surface area (Å²) in [4.78, 5) is 11.9. The number of amides is 2. The topological polar surface area (TPSA) is 80.0 Å². The molecule has 6 nitrogen and oxygen atoms in total. The number of nitrogens with zero attached hydrogens (tertiary/aromatic N) is 2. The second kappa shape index (κ2) is 6.93. The van der Waals surface area contributed by atoms with Gasteiger partial charge in [0.2, 0.25) is 5.89 Å². The Morgan fingerprint density at radius 2 is 1.74 bits per heavy atom. The fraction of sp³-hybridized carbons (Fsp3) is 0.0625. The molecule has 2 amide bonds. The number of urea groups is 1. The molecule has 0 aliphatic rings. The van der Waals surface area contributed by atoms with Crippen molar-refractivity contribution >= 4 is 29.3 Å². The first-order valence-corrected chi connectivity index (χ1v) is 7.27. The molecule has 2 N–H and O–H groups in total. The maximum absolute atomic E-state index is 11.9. The van der Waals surface area contributed by atoms with E-state index in [2.05, 4.69) is 20.8 Å². The van der Waals surface area contributed by atoms with E-state index in [-0.39, 0.29) is 6.01 Å². The number of hydrogen-bond donors (Lipinski definition) is 2. The molecule has 0 aliphatic carbocycles. The zero-order valence-corrected chi connectivity index (χ0v) is 12.7. The highest BCUT2D eigenvalue weighted by molar-refractivity contribution is 6.30. The zero-order chi connectivity index (χ0) is 16.1. The van der Waals surface area contributed by atoms with Gasteiger partial charge in [-0.25, -0.2) is 4.79 Å². The average Bonchev–Trinajstić information content (AvgIpc) is 2.97. The second-order valence-corrected chi connectivity index (χ2v) is 5.19. The molecule has 0 aliphatic heterocycles. The number of carbonyl (C=O) groups excluding carboxylic acids is 1. The Kier molecular flexibility index (Phi) is 4.54. The quantitative estimate of drug-likeness (QED) is 0.759. The van der Waals surface area contributed by atoms with Crippen molar-refractivity contribution in [3.8, 4) is 0 Å². The maximum atomic E-state index is 11.9. The summed E-state index contributed by atoms with van der Waals surface area (Å²) in [5.74, 6) is 0.429. The van der Waals surface area contributed by atoms with Crippen molar-refractivity contribution in [1.82, 2.24) is 10.2 Å². The minimum absolute atomic E-state index is 0.0439. The molecule has 0 fully saturated rings. The lowest BCUT2D eigenvalue weighted by atomic mass is 10.2. The molecule has 0 radical (unpaired) electrons. The number of aromatic nitrogens is 2. The van der Waals surface area contributed by atoms with Gasteiger partial charge in [-0.05, 0) is 29.8 Å². The van der Waals surface area contributed by atoms with Crippen LogP contribution in [0.2, 0.25) is 5.02 Å². The standard InChI is InChI=1S/C16H13ClN4O2/c17-12-6-8-13(9-7-12)18-15(22)19-16-21-20-14(23-16)10-11-4-2-1-3-5-11/h1-9H,10H2,(H2,18,19,21,22). The van der Waals surface area contributed by atoms with Crippen LogP contribution in [0.5, 0.6) is 0 Å². The Labute approximate surface area is 137 Å². The van der Waals surface area contributed by atoms with Crippen LogP contribution in [-0.2, 0) is 6.42 Å². The van der Waals surface area contributed by atoms with Gasteiger partial charge < -0.3 is 9.73 Å². The summed E-state index contributed by atoms with van der Waals surface area (Å²) in [7, 11) is 0. The molecule has 23 heavy (non-hydrogen) atoms. The lowest BCUT2D eigenvalue weighted by Gasteiger charge is -2.04. The van der Waals surface area contributed by atoms with Crippen molar-refractivity contribution in [3.05, 3.63) is 71.1 Å². The van der Waals surface area contributed by atoms with E-state index < -0.39 is 6.03 Å². The first kappa shape index (κ1) is 15.1. The largest absolute Gasteiger partial charge is 0.407 e. The summed E-state index contributed by atoms with van der Waals surface area (Å²) in [5.41, 5.74) is 1.66. The molecule has 1 heterocycles. The fourth-order valence-corrected chi connectivity index (χ4v) is 2.06. The van der Waals surface area contributed by atoms with E-state index in [1.165, 1.54) is 0 Å². The Hall–Kier alpha value is -2.86. The van der Waals surface area contributed by atoms with E-state index in [0.29, 0.717) is 23.0 Å². The smallest absolute Gasteiger partial charge is 0.327 e. The van der Waals surface area contributed by atoms with Crippen molar-refractivity contribution in [2.45, 2.75) is 6.42 Å². The number of rotatable bonds is 4. The number of halogens is 1. The third-order valence-electron chi connectivity index (χ3n) is 2.99. The van der Waals surface area contributed by atoms with Crippen molar-refractivity contribution in [1.29, 1.82) is 0 Å². The van der Waals surface area contributed by atoms with Crippen molar-refractivity contribution in [2.75, 3.05) is 10.6 Å². The first-order valence-electron chi connectivity index (χ1n) is 6.89. The van der Waals surface area contributed by atoms with Crippen LogP contribution >= 0.6 is 11.6 Å². The predicted octanol–water partition coefficient (Wildman–Crippen LogP) is 3.96. The van der Waals surface area contributed by atoms with Gasteiger partial charge in [0.05, 0.1) is 6.42 Å². The third-order valence-corrected chi connectivity index (χ3v) is 3.24. The maximum Gasteiger partial charge on any atom is 0.327 e. The third kappa shape index (κ3) is 4.31. The van der Waals surface area contributed by atoms with E-state index in [4.69, 9.17) is 16.0 Å². The molecule has 0 unspecified atom stereocenters. The van der Waals surface area contributed by atoms with Crippen LogP contribution in [0.3, 0.4) is 0 Å². The Bertz CT molecular complexity index is 787. The molecule has 0 bridgehead atoms. The number of nitrogens with one attached hydrogen (secondary N) is 2. The summed E-state index contributed by atoms with van der Waals surface area (Å²) < 4.78 is 5.40. The Morgan fingerprint density at radius 1 is 1.00 bits per heavy atom. The van der Waals surface area contributed by atoms with E-state index in [1.807, 2.05) is 30.3 Å². The monoisotopic (exact) mass is 328 g/mol. The van der Waals surface area contributed by atoms with Crippen LogP contribution in [0.15, 0.2) is 59.0 Å². The zero-order valence-electron chi connectivity index (χ0n) is 12.0. The molecule has 116 valence electrons. The second-order valence-electron chi connectivity index (χ2n) is 4.75. The number of carbonyl (C=O) groups is 1. The molecular formula is C16H13ClN4O2. The minimum Gasteiger partial charge on any atom is -0.407 e. The summed E-state index contributed by atoms with van der Waals surface area (Å²) in [5, 5.41) is 13.4. The van der Waals surface area contributed by atoms with Gasteiger partial charge in [0, 0.05) is 10.7 Å². The van der Waals surface area contributed by atoms with Gasteiger partial charge in [0.1, 0.15) is 0 Å². The first-order chi connectivity index (χ1) is 11.2. The van der Waals surface area contributed by atoms with E-state index >= 15 is 0 Å². The van der Waals surface area contributed by atoms with Crippen LogP contribution < -0.4 is 10.6 Å². The summed E-state index contributed by atoms with van der Waals surface area (Å²) in [6, 6.07) is 16.1. The molecule has 0 saturated heterocycles. The van der Waals surface area contributed by atoms with Gasteiger partial charge in [-0.15, -0.1) is 5.10 Å². The molecular weight excluding hydrogens is 316 g/mol. The summed E-state index contributed by atoms with van der Waals surface area (Å²) in [6.07, 6.45) is 0.508. The number of anilines is 2. The number of benzene rings is 2. The highest BCUT2D eigenvalue weighted by Crippen LogP contribution is 2.14. The van der Waals surface area contributed by atoms with Gasteiger partial charge in [-0.1, -0.05) is 47.0 Å². The van der Waals surface area contributed by atoms with E-state index in [1.54, 1.807) is 24.3 Å². The predicted molar refractivity (Wildman–Crippen MR) is 87.6 cm³/mol. The van der Waals surface area contributed by atoms with Crippen molar-refractivity contribution in [2.24, 2.45) is 0 Å². The fourth-order valence-electron chi connectivity index (χ4n) is 1.94. The van der Waals surface area contributed by atoms with E-state index in [0.717, 1.165) is 5.56 Å². The van der Waals surface area contributed by atoms with Crippen LogP contribution in [0.25, 0.3) is 0 Å². The Morgan fingerprint density at radius 3 is 2.48 bits per heavy atom. The van der Waals surface area contributed by atoms with Gasteiger partial charge in [0.15, 0.2) is 0 Å². The molecule has 3 aromatic rings. The lowest BCUT2D eigenvalue weighted by Crippen LogP contribution is -2.19. The van der Waals surface area contributed by atoms with Crippen LogP contribution in [-0.4, -0.2) is 16.2 Å². The van der Waals surface area contributed by atoms with Crippen molar-refractivity contribution in [3.63, 3.8) is 0 Å². The minimum atomic E-state index is -0.470. The normalized spacial score (nSPS) is 10.3.